The molecular weight excluding hydrogens is 526 g/mol. The van der Waals surface area contributed by atoms with Crippen molar-refractivity contribution in [2.24, 2.45) is 0 Å². The average Bonchev–Trinajstić information content (AvgIpc) is 3.46. The number of anilines is 1. The van der Waals surface area contributed by atoms with E-state index < -0.39 is 35.0 Å². The predicted octanol–water partition coefficient (Wildman–Crippen LogP) is 2.90. The molecule has 2 saturated heterocycles. The molecule has 0 spiro atoms. The molecular formula is C27H27N3O8S. The third-order valence-electron chi connectivity index (χ3n) is 6.60. The van der Waals surface area contributed by atoms with Crippen LogP contribution in [0.2, 0.25) is 0 Å². The first-order valence-electron chi connectivity index (χ1n) is 12.3. The van der Waals surface area contributed by atoms with Gasteiger partial charge in [0, 0.05) is 43.8 Å². The number of benzene rings is 1. The Morgan fingerprint density at radius 2 is 1.87 bits per heavy atom. The summed E-state index contributed by atoms with van der Waals surface area (Å²) in [5, 5.41) is 2.51. The molecule has 0 radical (unpaired) electrons. The summed E-state index contributed by atoms with van der Waals surface area (Å²) in [6.45, 7) is 5.42. The zero-order chi connectivity index (χ0) is 28.3. The van der Waals surface area contributed by atoms with Crippen molar-refractivity contribution >= 4 is 59.6 Å². The second-order valence-electron chi connectivity index (χ2n) is 9.05. The molecule has 0 aromatic heterocycles. The first-order valence-corrected chi connectivity index (χ1v) is 12.8. The van der Waals surface area contributed by atoms with Crippen LogP contribution in [-0.2, 0) is 33.5 Å². The van der Waals surface area contributed by atoms with Gasteiger partial charge in [0.25, 0.3) is 11.8 Å². The minimum atomic E-state index is -1.19. The number of amides is 5. The fourth-order valence-electron chi connectivity index (χ4n) is 4.77. The van der Waals surface area contributed by atoms with Crippen LogP contribution in [0.25, 0.3) is 5.57 Å². The SMILES string of the molecule is C=CC=C1/C(=C\C)c2ccc(NC(=O)CCN3C(=O)CC(S)C3=O)cc2C1COC(=O)ON1C(=O)CCC1=O. The maximum absolute atomic E-state index is 12.6. The maximum atomic E-state index is 12.6. The minimum Gasteiger partial charge on any atom is -0.432 e. The van der Waals surface area contributed by atoms with Crippen LogP contribution in [0.1, 0.15) is 49.7 Å². The molecule has 204 valence electrons. The van der Waals surface area contributed by atoms with Gasteiger partial charge in [-0.2, -0.15) is 12.6 Å². The van der Waals surface area contributed by atoms with Gasteiger partial charge in [-0.3, -0.25) is 33.7 Å². The molecule has 2 unspecified atom stereocenters. The standard InChI is InChI=1S/C27H27N3O8S/c1-3-5-17-16(4-2)18-7-6-15(28-22(31)10-11-29-25(34)13-21(39)26(29)35)12-19(18)20(17)14-37-27(36)38-30-23(32)8-9-24(30)33/h3-7,12,20-21,39H,1,8-11,13-14H2,2H3,(H,28,31)/b16-4+,17-5?. The van der Waals surface area contributed by atoms with E-state index in [9.17, 15) is 28.8 Å². The lowest BCUT2D eigenvalue weighted by atomic mass is 9.97. The Hall–Kier alpha value is -4.19. The van der Waals surface area contributed by atoms with Crippen LogP contribution in [0.5, 0.6) is 0 Å². The number of fused-ring (bicyclic) bond motifs is 1. The molecule has 3 aliphatic rings. The fraction of sp³-hybridized carbons (Fsp3) is 0.333. The quantitative estimate of drug-likeness (QED) is 0.285. The Kier molecular flexibility index (Phi) is 8.34. The second-order valence-corrected chi connectivity index (χ2v) is 9.67. The summed E-state index contributed by atoms with van der Waals surface area (Å²) in [6, 6.07) is 5.31. The first-order chi connectivity index (χ1) is 18.6. The van der Waals surface area contributed by atoms with Crippen LogP contribution in [0.4, 0.5) is 10.5 Å². The molecule has 1 N–H and O–H groups in total. The van der Waals surface area contributed by atoms with Crippen LogP contribution in [0.3, 0.4) is 0 Å². The molecule has 1 aromatic rings. The fourth-order valence-corrected chi connectivity index (χ4v) is 5.06. The number of nitrogens with zero attached hydrogens (tertiary/aromatic N) is 2. The Balaban J connectivity index is 1.47. The molecule has 2 atom stereocenters. The summed E-state index contributed by atoms with van der Waals surface area (Å²) < 4.78 is 5.28. The van der Waals surface area contributed by atoms with E-state index in [0.717, 1.165) is 27.2 Å². The molecule has 1 aliphatic carbocycles. The zero-order valence-electron chi connectivity index (χ0n) is 21.2. The molecule has 2 aliphatic heterocycles. The molecule has 12 heteroatoms. The van der Waals surface area contributed by atoms with E-state index in [4.69, 9.17) is 9.57 Å². The number of likely N-dealkylation sites (tertiary alicyclic amines) is 1. The van der Waals surface area contributed by atoms with Crippen molar-refractivity contribution in [3.63, 3.8) is 0 Å². The summed E-state index contributed by atoms with van der Waals surface area (Å²) in [4.78, 5) is 78.1. The molecule has 4 rings (SSSR count). The molecule has 5 amide bonds. The normalized spacial score (nSPS) is 22.6. The van der Waals surface area contributed by atoms with Crippen molar-refractivity contribution in [1.82, 2.24) is 9.96 Å². The second kappa shape index (κ2) is 11.7. The molecule has 2 fully saturated rings. The lowest BCUT2D eigenvalue weighted by Crippen LogP contribution is -2.33. The number of nitrogens with one attached hydrogen (secondary N) is 1. The number of carbonyl (C=O) groups excluding carboxylic acids is 6. The van der Waals surface area contributed by atoms with E-state index in [2.05, 4.69) is 24.5 Å². The number of thiol groups is 1. The monoisotopic (exact) mass is 553 g/mol. The van der Waals surface area contributed by atoms with E-state index in [-0.39, 0.29) is 50.6 Å². The van der Waals surface area contributed by atoms with Crippen molar-refractivity contribution in [2.45, 2.75) is 43.8 Å². The highest BCUT2D eigenvalue weighted by atomic mass is 32.1. The number of rotatable bonds is 8. The summed E-state index contributed by atoms with van der Waals surface area (Å²) in [5.41, 5.74) is 3.81. The van der Waals surface area contributed by atoms with Crippen molar-refractivity contribution in [2.75, 3.05) is 18.5 Å². The largest absolute Gasteiger partial charge is 0.533 e. The van der Waals surface area contributed by atoms with E-state index in [1.807, 2.05) is 19.1 Å². The van der Waals surface area contributed by atoms with Crippen molar-refractivity contribution in [3.8, 4) is 0 Å². The topological polar surface area (TPSA) is 139 Å². The average molecular weight is 554 g/mol. The maximum Gasteiger partial charge on any atom is 0.533 e. The number of carbonyl (C=O) groups is 6. The van der Waals surface area contributed by atoms with Gasteiger partial charge in [-0.25, -0.2) is 4.79 Å². The Morgan fingerprint density at radius 1 is 1.15 bits per heavy atom. The minimum absolute atomic E-state index is 0.0177. The highest BCUT2D eigenvalue weighted by Crippen LogP contribution is 2.46. The summed E-state index contributed by atoms with van der Waals surface area (Å²) in [7, 11) is 0. The third kappa shape index (κ3) is 5.80. The molecule has 11 nitrogen and oxygen atoms in total. The molecule has 0 bridgehead atoms. The van der Waals surface area contributed by atoms with Crippen molar-refractivity contribution < 1.29 is 38.3 Å². The summed E-state index contributed by atoms with van der Waals surface area (Å²) >= 11 is 4.08. The lowest BCUT2D eigenvalue weighted by Gasteiger charge is -2.17. The van der Waals surface area contributed by atoms with Crippen LogP contribution < -0.4 is 5.32 Å². The van der Waals surface area contributed by atoms with Gasteiger partial charge in [0.2, 0.25) is 17.7 Å². The summed E-state index contributed by atoms with van der Waals surface area (Å²) in [5.74, 6) is -2.84. The van der Waals surface area contributed by atoms with Gasteiger partial charge >= 0.3 is 6.16 Å². The molecule has 2 heterocycles. The number of imide groups is 2. The smallest absolute Gasteiger partial charge is 0.432 e. The third-order valence-corrected chi connectivity index (χ3v) is 7.00. The molecule has 0 saturated carbocycles. The van der Waals surface area contributed by atoms with E-state index in [1.165, 1.54) is 0 Å². The van der Waals surface area contributed by atoms with Gasteiger partial charge < -0.3 is 10.1 Å². The lowest BCUT2D eigenvalue weighted by molar-refractivity contribution is -0.177. The highest BCUT2D eigenvalue weighted by molar-refractivity contribution is 7.81. The van der Waals surface area contributed by atoms with Gasteiger partial charge in [0.15, 0.2) is 0 Å². The van der Waals surface area contributed by atoms with Gasteiger partial charge in [0.05, 0.1) is 5.25 Å². The van der Waals surface area contributed by atoms with Crippen LogP contribution >= 0.6 is 12.6 Å². The van der Waals surface area contributed by atoms with E-state index in [0.29, 0.717) is 10.8 Å². The molecule has 1 aromatic carbocycles. The van der Waals surface area contributed by atoms with Gasteiger partial charge in [-0.05, 0) is 41.3 Å². The highest BCUT2D eigenvalue weighted by Gasteiger charge is 2.37. The van der Waals surface area contributed by atoms with E-state index in [1.54, 1.807) is 24.3 Å². The Labute approximate surface area is 229 Å². The number of hydrogen-bond donors (Lipinski definition) is 2. The predicted molar refractivity (Wildman–Crippen MR) is 142 cm³/mol. The van der Waals surface area contributed by atoms with Crippen molar-refractivity contribution in [1.29, 1.82) is 0 Å². The zero-order valence-corrected chi connectivity index (χ0v) is 22.1. The van der Waals surface area contributed by atoms with Crippen LogP contribution in [-0.4, -0.2) is 64.1 Å². The number of hydrogen-bond acceptors (Lipinski definition) is 9. The van der Waals surface area contributed by atoms with E-state index >= 15 is 0 Å². The number of allylic oxidation sites excluding steroid dienone is 4. The first kappa shape index (κ1) is 27.8. The van der Waals surface area contributed by atoms with Crippen LogP contribution in [0, 0.1) is 0 Å². The molecule has 39 heavy (non-hydrogen) atoms. The number of ether oxygens (including phenoxy) is 1. The number of hydroxylamine groups is 2. The van der Waals surface area contributed by atoms with Crippen LogP contribution in [0.15, 0.2) is 48.6 Å². The summed E-state index contributed by atoms with van der Waals surface area (Å²) in [6.07, 6.45) is 3.99. The Morgan fingerprint density at radius 3 is 2.49 bits per heavy atom. The van der Waals surface area contributed by atoms with Gasteiger partial charge in [0.1, 0.15) is 6.61 Å². The van der Waals surface area contributed by atoms with Crippen molar-refractivity contribution in [3.05, 3.63) is 59.7 Å². The van der Waals surface area contributed by atoms with Gasteiger partial charge in [-0.15, -0.1) is 0 Å². The van der Waals surface area contributed by atoms with Gasteiger partial charge in [-0.1, -0.05) is 35.9 Å². The Bertz CT molecular complexity index is 1320.